The minimum absolute atomic E-state index is 0.0462. The van der Waals surface area contributed by atoms with E-state index in [1.807, 2.05) is 24.3 Å². The van der Waals surface area contributed by atoms with Gasteiger partial charge in [0.25, 0.3) is 0 Å². The van der Waals surface area contributed by atoms with Crippen LogP contribution in [0.3, 0.4) is 0 Å². The Morgan fingerprint density at radius 2 is 1.70 bits per heavy atom. The molecule has 0 saturated carbocycles. The molecule has 0 unspecified atom stereocenters. The Hall–Kier alpha value is -2.71. The summed E-state index contributed by atoms with van der Waals surface area (Å²) < 4.78 is 32.4. The summed E-state index contributed by atoms with van der Waals surface area (Å²) in [6, 6.07) is 12.4. The van der Waals surface area contributed by atoms with Crippen LogP contribution in [0.25, 0.3) is 0 Å². The van der Waals surface area contributed by atoms with E-state index >= 15 is 0 Å². The van der Waals surface area contributed by atoms with E-state index in [4.69, 9.17) is 4.74 Å². The molecule has 1 atom stereocenters. The maximum Gasteiger partial charge on any atom is 0.324 e. The van der Waals surface area contributed by atoms with E-state index in [0.29, 0.717) is 5.69 Å². The normalized spacial score (nSPS) is 17.0. The van der Waals surface area contributed by atoms with Crippen LogP contribution in [-0.2, 0) is 37.3 Å². The average molecular weight is 388 g/mol. The molecule has 2 aromatic carbocycles. The second kappa shape index (κ2) is 7.50. The molecular formula is C19H20N2O5S. The maximum absolute atomic E-state index is 13.2. The van der Waals surface area contributed by atoms with Gasteiger partial charge >= 0.3 is 5.97 Å². The van der Waals surface area contributed by atoms with E-state index in [-0.39, 0.29) is 23.8 Å². The number of amides is 1. The first-order chi connectivity index (χ1) is 12.8. The van der Waals surface area contributed by atoms with Crippen molar-refractivity contribution in [2.45, 2.75) is 30.8 Å². The van der Waals surface area contributed by atoms with Gasteiger partial charge in [-0.3, -0.25) is 9.59 Å². The number of carbonyl (C=O) groups is 2. The molecule has 0 bridgehead atoms. The average Bonchev–Trinajstić information content (AvgIpc) is 2.66. The highest BCUT2D eigenvalue weighted by Gasteiger charge is 2.40. The van der Waals surface area contributed by atoms with Gasteiger partial charge < -0.3 is 10.1 Å². The van der Waals surface area contributed by atoms with Crippen LogP contribution in [0.15, 0.2) is 53.4 Å². The molecule has 0 aliphatic carbocycles. The predicted octanol–water partition coefficient (Wildman–Crippen LogP) is 1.93. The van der Waals surface area contributed by atoms with Crippen molar-refractivity contribution in [3.63, 3.8) is 0 Å². The molecule has 1 N–H and O–H groups in total. The van der Waals surface area contributed by atoms with Crippen molar-refractivity contribution in [2.24, 2.45) is 0 Å². The van der Waals surface area contributed by atoms with E-state index in [1.165, 1.54) is 42.6 Å². The van der Waals surface area contributed by atoms with Crippen molar-refractivity contribution in [1.82, 2.24) is 4.31 Å². The number of hydrogen-bond acceptors (Lipinski definition) is 5. The van der Waals surface area contributed by atoms with Gasteiger partial charge in [0.1, 0.15) is 6.04 Å². The second-order valence-electron chi connectivity index (χ2n) is 6.27. The zero-order chi connectivity index (χ0) is 19.6. The summed E-state index contributed by atoms with van der Waals surface area (Å²) in [6.45, 7) is 1.46. The van der Waals surface area contributed by atoms with Crippen LogP contribution >= 0.6 is 0 Å². The van der Waals surface area contributed by atoms with E-state index in [0.717, 1.165) is 11.1 Å². The van der Waals surface area contributed by atoms with Crippen molar-refractivity contribution in [3.05, 3.63) is 59.7 Å². The van der Waals surface area contributed by atoms with Crippen LogP contribution < -0.4 is 5.32 Å². The smallest absolute Gasteiger partial charge is 0.324 e. The Morgan fingerprint density at radius 3 is 2.30 bits per heavy atom. The number of methoxy groups -OCH3 is 1. The summed E-state index contributed by atoms with van der Waals surface area (Å²) in [5.41, 5.74) is 2.28. The third-order valence-electron chi connectivity index (χ3n) is 4.46. The van der Waals surface area contributed by atoms with Crippen LogP contribution in [0.4, 0.5) is 5.69 Å². The van der Waals surface area contributed by atoms with Crippen molar-refractivity contribution < 1.29 is 22.7 Å². The quantitative estimate of drug-likeness (QED) is 0.808. The lowest BCUT2D eigenvalue weighted by Gasteiger charge is -2.34. The molecule has 2 aromatic rings. The summed E-state index contributed by atoms with van der Waals surface area (Å²) in [6.07, 6.45) is 0.256. The predicted molar refractivity (Wildman–Crippen MR) is 99.4 cm³/mol. The number of benzene rings is 2. The zero-order valence-electron chi connectivity index (χ0n) is 15.0. The number of hydrogen-bond donors (Lipinski definition) is 1. The monoisotopic (exact) mass is 388 g/mol. The molecule has 1 heterocycles. The molecule has 1 aliphatic rings. The number of ether oxygens (including phenoxy) is 1. The van der Waals surface area contributed by atoms with E-state index in [9.17, 15) is 18.0 Å². The number of nitrogens with zero attached hydrogens (tertiary/aromatic N) is 1. The van der Waals surface area contributed by atoms with Crippen molar-refractivity contribution in [2.75, 3.05) is 12.4 Å². The maximum atomic E-state index is 13.2. The van der Waals surface area contributed by atoms with E-state index < -0.39 is 22.0 Å². The van der Waals surface area contributed by atoms with Crippen LogP contribution in [-0.4, -0.2) is 37.8 Å². The van der Waals surface area contributed by atoms with Crippen molar-refractivity contribution >= 4 is 27.6 Å². The number of fused-ring (bicyclic) bond motifs is 1. The minimum atomic E-state index is -3.93. The Morgan fingerprint density at radius 1 is 1.07 bits per heavy atom. The molecule has 8 heteroatoms. The first-order valence-corrected chi connectivity index (χ1v) is 9.81. The number of anilines is 1. The summed E-state index contributed by atoms with van der Waals surface area (Å²) in [5.74, 6) is -0.841. The molecule has 0 fully saturated rings. The Labute approximate surface area is 158 Å². The Balaban J connectivity index is 1.97. The van der Waals surface area contributed by atoms with Crippen molar-refractivity contribution in [3.8, 4) is 0 Å². The molecule has 0 spiro atoms. The molecule has 3 rings (SSSR count). The van der Waals surface area contributed by atoms with Gasteiger partial charge in [-0.05, 0) is 35.4 Å². The van der Waals surface area contributed by atoms with Crippen LogP contribution in [0.2, 0.25) is 0 Å². The van der Waals surface area contributed by atoms with Gasteiger partial charge in [0, 0.05) is 25.6 Å². The van der Waals surface area contributed by atoms with Gasteiger partial charge in [-0.2, -0.15) is 4.31 Å². The van der Waals surface area contributed by atoms with Crippen LogP contribution in [0.1, 0.15) is 18.1 Å². The van der Waals surface area contributed by atoms with Gasteiger partial charge in [-0.1, -0.05) is 24.3 Å². The summed E-state index contributed by atoms with van der Waals surface area (Å²) in [7, 11) is -2.69. The lowest BCUT2D eigenvalue weighted by atomic mass is 9.96. The van der Waals surface area contributed by atoms with E-state index in [1.54, 1.807) is 0 Å². The molecule has 0 saturated heterocycles. The summed E-state index contributed by atoms with van der Waals surface area (Å²) in [4.78, 5) is 23.4. The van der Waals surface area contributed by atoms with Crippen molar-refractivity contribution in [1.29, 1.82) is 0 Å². The van der Waals surface area contributed by atoms with Gasteiger partial charge in [-0.15, -0.1) is 0 Å². The lowest BCUT2D eigenvalue weighted by molar-refractivity contribution is -0.145. The molecule has 0 radical (unpaired) electrons. The molecule has 1 amide bonds. The highest BCUT2D eigenvalue weighted by atomic mass is 32.2. The number of esters is 1. The summed E-state index contributed by atoms with van der Waals surface area (Å²) in [5, 5.41) is 2.59. The third kappa shape index (κ3) is 3.86. The molecule has 0 aromatic heterocycles. The zero-order valence-corrected chi connectivity index (χ0v) is 15.8. The van der Waals surface area contributed by atoms with Crippen LogP contribution in [0.5, 0.6) is 0 Å². The Kier molecular flexibility index (Phi) is 5.29. The number of sulfonamides is 1. The van der Waals surface area contributed by atoms with Gasteiger partial charge in [-0.25, -0.2) is 8.42 Å². The highest BCUT2D eigenvalue weighted by molar-refractivity contribution is 7.89. The fourth-order valence-electron chi connectivity index (χ4n) is 3.14. The molecule has 7 nitrogen and oxygen atoms in total. The van der Waals surface area contributed by atoms with Gasteiger partial charge in [0.15, 0.2) is 0 Å². The largest absolute Gasteiger partial charge is 0.468 e. The fraction of sp³-hybridized carbons (Fsp3) is 0.263. The fourth-order valence-corrected chi connectivity index (χ4v) is 4.69. The standard InChI is InChI=1S/C19H20N2O5S/c1-13(22)20-16-7-9-17(10-8-16)27(24,25)21-12-15-6-4-3-5-14(15)11-18(21)19(23)26-2/h3-10,18H,11-12H2,1-2H3,(H,20,22)/t18-/m1/s1. The number of rotatable bonds is 4. The topological polar surface area (TPSA) is 92.8 Å². The minimum Gasteiger partial charge on any atom is -0.468 e. The number of carbonyl (C=O) groups excluding carboxylic acids is 2. The van der Waals surface area contributed by atoms with Gasteiger partial charge in [0.2, 0.25) is 15.9 Å². The summed E-state index contributed by atoms with van der Waals surface area (Å²) >= 11 is 0. The second-order valence-corrected chi connectivity index (χ2v) is 8.16. The number of nitrogens with one attached hydrogen (secondary N) is 1. The van der Waals surface area contributed by atoms with E-state index in [2.05, 4.69) is 5.32 Å². The molecule has 27 heavy (non-hydrogen) atoms. The van der Waals surface area contributed by atoms with Gasteiger partial charge in [0.05, 0.1) is 12.0 Å². The first kappa shape index (κ1) is 19.1. The first-order valence-electron chi connectivity index (χ1n) is 8.37. The Bertz CT molecular complexity index is 970. The molecule has 142 valence electrons. The third-order valence-corrected chi connectivity index (χ3v) is 6.33. The lowest BCUT2D eigenvalue weighted by Crippen LogP contribution is -2.48. The highest BCUT2D eigenvalue weighted by Crippen LogP contribution is 2.30. The molecule has 1 aliphatic heterocycles. The SMILES string of the molecule is COC(=O)[C@H]1Cc2ccccc2CN1S(=O)(=O)c1ccc(NC(C)=O)cc1. The molecular weight excluding hydrogens is 368 g/mol. The van der Waals surface area contributed by atoms with Crippen LogP contribution in [0, 0.1) is 0 Å².